The molecule has 3 nitrogen and oxygen atoms in total. The van der Waals surface area contributed by atoms with Gasteiger partial charge in [0.1, 0.15) is 11.5 Å². The van der Waals surface area contributed by atoms with E-state index in [2.05, 4.69) is 23.5 Å². The first-order chi connectivity index (χ1) is 11.4. The molecule has 5 heteroatoms. The smallest absolute Gasteiger partial charge is 0.529 e. The molecule has 23 heavy (non-hydrogen) atoms. The van der Waals surface area contributed by atoms with E-state index >= 15 is 0 Å². The van der Waals surface area contributed by atoms with Gasteiger partial charge >= 0.3 is 7.69 Å². The number of rotatable bonds is 4. The van der Waals surface area contributed by atoms with Crippen LogP contribution in [0.1, 0.15) is 0 Å². The van der Waals surface area contributed by atoms with Crippen LogP contribution in [0.25, 0.3) is 0 Å². The van der Waals surface area contributed by atoms with E-state index < -0.39 is 0 Å². The maximum atomic E-state index is 5.83. The first kappa shape index (κ1) is 14.1. The fourth-order valence-electron chi connectivity index (χ4n) is 2.43. The Hall–Kier alpha value is -2.53. The van der Waals surface area contributed by atoms with Crippen LogP contribution >= 0.6 is 11.8 Å². The van der Waals surface area contributed by atoms with Crippen LogP contribution < -0.4 is 14.6 Å². The minimum atomic E-state index is 0.175. The molecule has 0 aliphatic carbocycles. The number of anilines is 2. The Morgan fingerprint density at radius 1 is 0.739 bits per heavy atom. The third-order valence-corrected chi connectivity index (χ3v) is 4.67. The van der Waals surface area contributed by atoms with Gasteiger partial charge in [0.15, 0.2) is 0 Å². The van der Waals surface area contributed by atoms with Crippen LogP contribution in [0.15, 0.2) is 82.6 Å². The summed E-state index contributed by atoms with van der Waals surface area (Å²) in [7, 11) is 0.175. The fraction of sp³-hybridized carbons (Fsp3) is 0. The van der Waals surface area contributed by atoms with Crippen molar-refractivity contribution in [1.29, 1.82) is 0 Å². The summed E-state index contributed by atoms with van der Waals surface area (Å²) in [4.78, 5) is 2.37. The van der Waals surface area contributed by atoms with Gasteiger partial charge in [-0.1, -0.05) is 48.2 Å². The SMILES string of the molecule is B(Oc1ccccc1)Oc1cccc2c1Nc1ccccc1S2. The Morgan fingerprint density at radius 3 is 2.43 bits per heavy atom. The lowest BCUT2D eigenvalue weighted by Crippen LogP contribution is -2.12. The van der Waals surface area contributed by atoms with Crippen LogP contribution in [0.3, 0.4) is 0 Å². The average molecular weight is 319 g/mol. The quantitative estimate of drug-likeness (QED) is 0.556. The Kier molecular flexibility index (Phi) is 3.86. The molecule has 0 bridgehead atoms. The predicted octanol–water partition coefficient (Wildman–Crippen LogP) is 4.62. The lowest BCUT2D eigenvalue weighted by atomic mass is 10.2. The van der Waals surface area contributed by atoms with Gasteiger partial charge in [-0.05, 0) is 36.4 Å². The van der Waals surface area contributed by atoms with E-state index in [9.17, 15) is 0 Å². The van der Waals surface area contributed by atoms with Gasteiger partial charge in [0.05, 0.1) is 11.4 Å². The van der Waals surface area contributed by atoms with Crippen LogP contribution in [0, 0.1) is 0 Å². The van der Waals surface area contributed by atoms with Crippen molar-refractivity contribution in [2.24, 2.45) is 0 Å². The van der Waals surface area contributed by atoms with E-state index in [1.165, 1.54) is 4.90 Å². The molecular formula is C18H14BNO2S. The zero-order valence-electron chi connectivity index (χ0n) is 12.4. The highest BCUT2D eigenvalue weighted by Gasteiger charge is 2.18. The zero-order chi connectivity index (χ0) is 15.5. The summed E-state index contributed by atoms with van der Waals surface area (Å²) >= 11 is 1.74. The van der Waals surface area contributed by atoms with Crippen molar-refractivity contribution in [2.75, 3.05) is 5.32 Å². The molecule has 0 aromatic heterocycles. The molecule has 0 radical (unpaired) electrons. The zero-order valence-corrected chi connectivity index (χ0v) is 13.2. The van der Waals surface area contributed by atoms with Crippen molar-refractivity contribution in [3.63, 3.8) is 0 Å². The lowest BCUT2D eigenvalue weighted by molar-refractivity contribution is 0.459. The monoisotopic (exact) mass is 319 g/mol. The summed E-state index contributed by atoms with van der Waals surface area (Å²) in [5, 5.41) is 3.46. The molecule has 0 saturated heterocycles. The van der Waals surface area contributed by atoms with E-state index in [-0.39, 0.29) is 7.69 Å². The summed E-state index contributed by atoms with van der Waals surface area (Å²) in [5.41, 5.74) is 2.10. The minimum Gasteiger partial charge on any atom is -0.529 e. The Bertz CT molecular complexity index is 826. The molecule has 0 atom stereocenters. The lowest BCUT2D eigenvalue weighted by Gasteiger charge is -2.23. The maximum Gasteiger partial charge on any atom is 0.576 e. The van der Waals surface area contributed by atoms with Crippen LogP contribution in [0.2, 0.25) is 0 Å². The molecule has 1 aliphatic heterocycles. The van der Waals surface area contributed by atoms with Crippen molar-refractivity contribution < 1.29 is 9.31 Å². The third-order valence-electron chi connectivity index (χ3n) is 3.54. The Balaban J connectivity index is 1.51. The average Bonchev–Trinajstić information content (AvgIpc) is 2.61. The van der Waals surface area contributed by atoms with E-state index in [0.717, 1.165) is 27.8 Å². The van der Waals surface area contributed by atoms with Crippen molar-refractivity contribution in [1.82, 2.24) is 0 Å². The van der Waals surface area contributed by atoms with Gasteiger partial charge in [0.25, 0.3) is 0 Å². The molecule has 3 aromatic rings. The van der Waals surface area contributed by atoms with Crippen LogP contribution in [0.5, 0.6) is 11.5 Å². The third kappa shape index (κ3) is 3.01. The highest BCUT2D eigenvalue weighted by atomic mass is 32.2. The Labute approximate surface area is 139 Å². The highest BCUT2D eigenvalue weighted by Crippen LogP contribution is 2.47. The second-order valence-corrected chi connectivity index (χ2v) is 6.16. The number of hydrogen-bond donors (Lipinski definition) is 1. The largest absolute Gasteiger partial charge is 0.576 e. The molecular weight excluding hydrogens is 305 g/mol. The molecule has 3 aromatic carbocycles. The van der Waals surface area contributed by atoms with E-state index in [4.69, 9.17) is 9.31 Å². The van der Waals surface area contributed by atoms with Gasteiger partial charge in [-0.25, -0.2) is 0 Å². The first-order valence-corrected chi connectivity index (χ1v) is 8.19. The molecule has 112 valence electrons. The van der Waals surface area contributed by atoms with Gasteiger partial charge < -0.3 is 14.6 Å². The van der Waals surface area contributed by atoms with Crippen molar-refractivity contribution in [3.8, 4) is 11.5 Å². The van der Waals surface area contributed by atoms with Gasteiger partial charge in [-0.2, -0.15) is 0 Å². The molecule has 1 N–H and O–H groups in total. The van der Waals surface area contributed by atoms with Gasteiger partial charge in [-0.15, -0.1) is 0 Å². The molecule has 0 fully saturated rings. The number of hydrogen-bond acceptors (Lipinski definition) is 4. The van der Waals surface area contributed by atoms with E-state index in [1.54, 1.807) is 11.8 Å². The van der Waals surface area contributed by atoms with Crippen LogP contribution in [0.4, 0.5) is 11.4 Å². The van der Waals surface area contributed by atoms with Gasteiger partial charge in [-0.3, -0.25) is 0 Å². The summed E-state index contributed by atoms with van der Waals surface area (Å²) in [5.74, 6) is 1.59. The molecule has 1 aliphatic rings. The second kappa shape index (κ2) is 6.30. The predicted molar refractivity (Wildman–Crippen MR) is 95.1 cm³/mol. The Morgan fingerprint density at radius 2 is 1.52 bits per heavy atom. The van der Waals surface area contributed by atoms with Crippen molar-refractivity contribution in [3.05, 3.63) is 72.8 Å². The topological polar surface area (TPSA) is 30.5 Å². The molecule has 0 amide bonds. The van der Waals surface area contributed by atoms with Crippen LogP contribution in [-0.4, -0.2) is 7.69 Å². The maximum absolute atomic E-state index is 5.83. The van der Waals surface area contributed by atoms with E-state index in [0.29, 0.717) is 0 Å². The summed E-state index contributed by atoms with van der Waals surface area (Å²) in [6.07, 6.45) is 0. The standard InChI is InChI=1S/C18H14BNO2S/c1-2-7-13(8-3-1)21-19-22-15-10-6-12-17-18(15)20-14-9-4-5-11-16(14)23-17/h1-12,19-20H. The number of fused-ring (bicyclic) bond motifs is 2. The molecule has 0 saturated carbocycles. The normalized spacial score (nSPS) is 11.7. The van der Waals surface area contributed by atoms with Gasteiger partial charge in [0, 0.05) is 9.79 Å². The minimum absolute atomic E-state index is 0.175. The summed E-state index contributed by atoms with van der Waals surface area (Å²) in [6.45, 7) is 0. The van der Waals surface area contributed by atoms with Crippen LogP contribution in [-0.2, 0) is 0 Å². The van der Waals surface area contributed by atoms with Crippen molar-refractivity contribution in [2.45, 2.75) is 9.79 Å². The number of para-hydroxylation sites is 3. The first-order valence-electron chi connectivity index (χ1n) is 7.38. The molecule has 1 heterocycles. The summed E-state index contributed by atoms with van der Waals surface area (Å²) < 4.78 is 11.4. The summed E-state index contributed by atoms with van der Waals surface area (Å²) in [6, 6.07) is 24.0. The molecule has 4 rings (SSSR count). The second-order valence-electron chi connectivity index (χ2n) is 5.07. The highest BCUT2D eigenvalue weighted by molar-refractivity contribution is 7.99. The fourth-order valence-corrected chi connectivity index (χ4v) is 3.44. The number of benzene rings is 3. The number of nitrogens with one attached hydrogen (secondary N) is 1. The van der Waals surface area contributed by atoms with Gasteiger partial charge in [0.2, 0.25) is 0 Å². The van der Waals surface area contributed by atoms with E-state index in [1.807, 2.05) is 54.6 Å². The van der Waals surface area contributed by atoms with Crippen molar-refractivity contribution >= 4 is 30.8 Å². The molecule has 0 unspecified atom stereocenters. The molecule has 0 spiro atoms.